The molecule has 1 aliphatic heterocycles. The van der Waals surface area contributed by atoms with Crippen molar-refractivity contribution in [1.82, 2.24) is 10.2 Å². The van der Waals surface area contributed by atoms with E-state index in [2.05, 4.69) is 5.32 Å². The molecule has 20 heavy (non-hydrogen) atoms. The van der Waals surface area contributed by atoms with E-state index in [1.165, 1.54) is 6.07 Å². The third-order valence-electron chi connectivity index (χ3n) is 3.65. The molecular formula is C14H19N3O3. The number of nitrogens with one attached hydrogen (secondary N) is 1. The van der Waals surface area contributed by atoms with Gasteiger partial charge in [-0.15, -0.1) is 0 Å². The fourth-order valence-corrected chi connectivity index (χ4v) is 2.62. The van der Waals surface area contributed by atoms with Crippen molar-refractivity contribution in [3.8, 4) is 0 Å². The molecule has 2 rings (SSSR count). The highest BCUT2D eigenvalue weighted by Crippen LogP contribution is 2.24. The van der Waals surface area contributed by atoms with Crippen molar-refractivity contribution < 1.29 is 9.72 Å². The van der Waals surface area contributed by atoms with Crippen molar-refractivity contribution in [2.24, 2.45) is 5.92 Å². The highest BCUT2D eigenvalue weighted by molar-refractivity contribution is 5.98. The lowest BCUT2D eigenvalue weighted by Gasteiger charge is -2.17. The van der Waals surface area contributed by atoms with E-state index in [1.54, 1.807) is 17.0 Å². The largest absolute Gasteiger partial charge is 0.338 e. The molecule has 1 aromatic rings. The Balaban J connectivity index is 2.21. The molecule has 0 aromatic heterocycles. The molecule has 108 valence electrons. The highest BCUT2D eigenvalue weighted by atomic mass is 16.6. The van der Waals surface area contributed by atoms with E-state index in [4.69, 9.17) is 0 Å². The summed E-state index contributed by atoms with van der Waals surface area (Å²) in [6, 6.07) is 4.66. The topological polar surface area (TPSA) is 75.5 Å². The summed E-state index contributed by atoms with van der Waals surface area (Å²) >= 11 is 0. The number of nitro groups is 1. The molecule has 1 amide bonds. The van der Waals surface area contributed by atoms with Gasteiger partial charge in [0.15, 0.2) is 0 Å². The number of likely N-dealkylation sites (tertiary alicyclic amines) is 1. The van der Waals surface area contributed by atoms with Gasteiger partial charge in [0.05, 0.1) is 4.92 Å². The van der Waals surface area contributed by atoms with Gasteiger partial charge in [0, 0.05) is 19.2 Å². The second-order valence-corrected chi connectivity index (χ2v) is 5.24. The Bertz CT molecular complexity index is 530. The van der Waals surface area contributed by atoms with Gasteiger partial charge in [0.1, 0.15) is 5.56 Å². The Kier molecular flexibility index (Phi) is 4.34. The van der Waals surface area contributed by atoms with Crippen molar-refractivity contribution in [3.63, 3.8) is 0 Å². The lowest BCUT2D eigenvalue weighted by atomic mass is 10.1. The third kappa shape index (κ3) is 2.96. The monoisotopic (exact) mass is 277 g/mol. The smallest absolute Gasteiger partial charge is 0.282 e. The van der Waals surface area contributed by atoms with Gasteiger partial charge < -0.3 is 10.2 Å². The van der Waals surface area contributed by atoms with Crippen LogP contribution in [0, 0.1) is 23.0 Å². The zero-order chi connectivity index (χ0) is 14.7. The van der Waals surface area contributed by atoms with Gasteiger partial charge in [-0.1, -0.05) is 6.07 Å². The second kappa shape index (κ2) is 6.00. The van der Waals surface area contributed by atoms with Crippen molar-refractivity contribution in [2.75, 3.05) is 26.7 Å². The van der Waals surface area contributed by atoms with Gasteiger partial charge in [-0.05, 0) is 44.5 Å². The fourth-order valence-electron chi connectivity index (χ4n) is 2.62. The number of hydrogen-bond donors (Lipinski definition) is 1. The molecule has 0 saturated carbocycles. The maximum Gasteiger partial charge on any atom is 0.282 e. The Morgan fingerprint density at radius 1 is 1.55 bits per heavy atom. The summed E-state index contributed by atoms with van der Waals surface area (Å²) in [5, 5.41) is 14.1. The Morgan fingerprint density at radius 2 is 2.30 bits per heavy atom. The number of amides is 1. The number of nitro benzene ring substituents is 1. The minimum atomic E-state index is -0.492. The average molecular weight is 277 g/mol. The van der Waals surface area contributed by atoms with E-state index in [0.29, 0.717) is 19.0 Å². The van der Waals surface area contributed by atoms with Crippen LogP contribution in [-0.2, 0) is 0 Å². The molecule has 1 aromatic carbocycles. The Morgan fingerprint density at radius 3 is 2.95 bits per heavy atom. The van der Waals surface area contributed by atoms with Gasteiger partial charge in [0.25, 0.3) is 11.6 Å². The maximum atomic E-state index is 12.5. The summed E-state index contributed by atoms with van der Waals surface area (Å²) < 4.78 is 0. The number of benzene rings is 1. The van der Waals surface area contributed by atoms with Gasteiger partial charge >= 0.3 is 0 Å². The first-order chi connectivity index (χ1) is 9.52. The lowest BCUT2D eigenvalue weighted by Crippen LogP contribution is -2.30. The molecule has 6 nitrogen and oxygen atoms in total. The molecule has 1 saturated heterocycles. The van der Waals surface area contributed by atoms with Crippen molar-refractivity contribution in [3.05, 3.63) is 39.4 Å². The first kappa shape index (κ1) is 14.5. The number of aryl methyl sites for hydroxylation is 1. The summed E-state index contributed by atoms with van der Waals surface area (Å²) in [6.45, 7) is 4.01. The average Bonchev–Trinajstić information content (AvgIpc) is 2.86. The van der Waals surface area contributed by atoms with Crippen molar-refractivity contribution >= 4 is 11.6 Å². The predicted octanol–water partition coefficient (Wildman–Crippen LogP) is 1.58. The minimum Gasteiger partial charge on any atom is -0.338 e. The molecule has 1 atom stereocenters. The standard InChI is InChI=1S/C14H19N3O3/c1-10-3-4-13(17(19)20)12(7-10)14(18)16-6-5-11(9-16)8-15-2/h3-4,7,11,15H,5-6,8-9H2,1-2H3. The predicted molar refractivity (Wildman–Crippen MR) is 75.8 cm³/mol. The Labute approximate surface area is 117 Å². The maximum absolute atomic E-state index is 12.5. The van der Waals surface area contributed by atoms with Crippen LogP contribution in [0.5, 0.6) is 0 Å². The van der Waals surface area contributed by atoms with Gasteiger partial charge in [0.2, 0.25) is 0 Å². The van der Waals surface area contributed by atoms with Crippen LogP contribution >= 0.6 is 0 Å². The zero-order valence-corrected chi connectivity index (χ0v) is 11.8. The normalized spacial score (nSPS) is 18.3. The summed E-state index contributed by atoms with van der Waals surface area (Å²) in [5.74, 6) is 0.187. The van der Waals surface area contributed by atoms with Gasteiger partial charge in [-0.2, -0.15) is 0 Å². The Hall–Kier alpha value is -1.95. The third-order valence-corrected chi connectivity index (χ3v) is 3.65. The van der Waals surface area contributed by atoms with Crippen LogP contribution in [0.15, 0.2) is 18.2 Å². The quantitative estimate of drug-likeness (QED) is 0.669. The number of nitrogens with zero attached hydrogens (tertiary/aromatic N) is 2. The van der Waals surface area contributed by atoms with Crippen molar-refractivity contribution in [1.29, 1.82) is 0 Å². The molecule has 1 N–H and O–H groups in total. The van der Waals surface area contributed by atoms with Crippen LogP contribution in [0.1, 0.15) is 22.3 Å². The van der Waals surface area contributed by atoms with Crippen LogP contribution in [0.2, 0.25) is 0 Å². The molecule has 0 bridgehead atoms. The van der Waals surface area contributed by atoms with E-state index < -0.39 is 4.92 Å². The lowest BCUT2D eigenvalue weighted by molar-refractivity contribution is -0.385. The van der Waals surface area contributed by atoms with Crippen LogP contribution in [0.4, 0.5) is 5.69 Å². The number of hydrogen-bond acceptors (Lipinski definition) is 4. The highest BCUT2D eigenvalue weighted by Gasteiger charge is 2.30. The van der Waals surface area contributed by atoms with Gasteiger partial charge in [-0.25, -0.2) is 0 Å². The van der Waals surface area contributed by atoms with Crippen LogP contribution in [-0.4, -0.2) is 42.4 Å². The fraction of sp³-hybridized carbons (Fsp3) is 0.500. The van der Waals surface area contributed by atoms with E-state index in [1.807, 2.05) is 14.0 Å². The van der Waals surface area contributed by atoms with Crippen LogP contribution in [0.3, 0.4) is 0 Å². The summed E-state index contributed by atoms with van der Waals surface area (Å²) in [6.07, 6.45) is 0.937. The summed E-state index contributed by atoms with van der Waals surface area (Å²) in [5.41, 5.74) is 0.933. The molecule has 1 aliphatic rings. The van der Waals surface area contributed by atoms with E-state index in [0.717, 1.165) is 18.5 Å². The van der Waals surface area contributed by atoms with E-state index in [9.17, 15) is 14.9 Å². The molecule has 6 heteroatoms. The summed E-state index contributed by atoms with van der Waals surface area (Å²) in [7, 11) is 1.88. The van der Waals surface area contributed by atoms with Gasteiger partial charge in [-0.3, -0.25) is 14.9 Å². The molecule has 0 aliphatic carbocycles. The molecule has 0 radical (unpaired) electrons. The molecule has 1 heterocycles. The van der Waals surface area contributed by atoms with E-state index in [-0.39, 0.29) is 17.2 Å². The minimum absolute atomic E-state index is 0.113. The molecule has 1 unspecified atom stereocenters. The first-order valence-electron chi connectivity index (χ1n) is 6.72. The number of rotatable bonds is 4. The second-order valence-electron chi connectivity index (χ2n) is 5.24. The van der Waals surface area contributed by atoms with E-state index >= 15 is 0 Å². The van der Waals surface area contributed by atoms with Crippen LogP contribution in [0.25, 0.3) is 0 Å². The zero-order valence-electron chi connectivity index (χ0n) is 11.8. The number of carbonyl (C=O) groups is 1. The molecule has 0 spiro atoms. The van der Waals surface area contributed by atoms with Crippen LogP contribution < -0.4 is 5.32 Å². The van der Waals surface area contributed by atoms with Crippen molar-refractivity contribution in [2.45, 2.75) is 13.3 Å². The summed E-state index contributed by atoms with van der Waals surface area (Å²) in [4.78, 5) is 24.7. The number of carbonyl (C=O) groups excluding carboxylic acids is 1. The molecular weight excluding hydrogens is 258 g/mol. The molecule has 1 fully saturated rings. The SMILES string of the molecule is CNCC1CCN(C(=O)c2cc(C)ccc2[N+](=O)[O-])C1. The first-order valence-corrected chi connectivity index (χ1v) is 6.72.